The number of carbonyl (C=O) groups excluding carboxylic acids is 1. The molecule has 1 unspecified atom stereocenters. The van der Waals surface area contributed by atoms with E-state index in [9.17, 15) is 4.79 Å². The van der Waals surface area contributed by atoms with Crippen molar-refractivity contribution in [1.29, 1.82) is 0 Å². The lowest BCUT2D eigenvalue weighted by molar-refractivity contribution is -0.132. The third-order valence-corrected chi connectivity index (χ3v) is 4.10. The molecule has 1 amide bonds. The summed E-state index contributed by atoms with van der Waals surface area (Å²) in [4.78, 5) is 14.8. The number of rotatable bonds is 7. The van der Waals surface area contributed by atoms with Crippen molar-refractivity contribution < 1.29 is 4.79 Å². The van der Waals surface area contributed by atoms with E-state index in [0.717, 1.165) is 22.5 Å². The molecule has 2 rings (SSSR count). The molecule has 0 aliphatic rings. The van der Waals surface area contributed by atoms with E-state index in [2.05, 4.69) is 24.0 Å². The Labute approximate surface area is 149 Å². The SMILES string of the molecule is Cc1n[nH]c(C)c1C(N)C(=O)N(CC=Cc1ccccc1)CC(C)C. The van der Waals surface area contributed by atoms with Crippen molar-refractivity contribution >= 4 is 12.0 Å². The second-order valence-electron chi connectivity index (χ2n) is 6.78. The van der Waals surface area contributed by atoms with Crippen molar-refractivity contribution in [3.05, 3.63) is 58.9 Å². The molecule has 1 atom stereocenters. The maximum atomic E-state index is 12.9. The summed E-state index contributed by atoms with van der Waals surface area (Å²) in [7, 11) is 0. The summed E-state index contributed by atoms with van der Waals surface area (Å²) in [6.07, 6.45) is 4.04. The number of nitrogens with zero attached hydrogens (tertiary/aromatic N) is 2. The minimum absolute atomic E-state index is 0.0704. The van der Waals surface area contributed by atoms with Crippen molar-refractivity contribution in [2.24, 2.45) is 11.7 Å². The van der Waals surface area contributed by atoms with E-state index >= 15 is 0 Å². The van der Waals surface area contributed by atoms with Gasteiger partial charge in [0, 0.05) is 24.3 Å². The lowest BCUT2D eigenvalue weighted by atomic mass is 10.0. The highest BCUT2D eigenvalue weighted by atomic mass is 16.2. The molecule has 1 aromatic carbocycles. The van der Waals surface area contributed by atoms with Gasteiger partial charge in [-0.05, 0) is 25.3 Å². The summed E-state index contributed by atoms with van der Waals surface area (Å²) in [5.41, 5.74) is 9.81. The van der Waals surface area contributed by atoms with Crippen molar-refractivity contribution in [1.82, 2.24) is 15.1 Å². The standard InChI is InChI=1S/C20H28N4O/c1-14(2)13-24(12-8-11-17-9-6-5-7-10-17)20(25)19(21)18-15(3)22-23-16(18)4/h5-11,14,19H,12-13,21H2,1-4H3,(H,22,23). The van der Waals surface area contributed by atoms with Crippen LogP contribution in [0.4, 0.5) is 0 Å². The molecule has 2 aromatic rings. The largest absolute Gasteiger partial charge is 0.337 e. The van der Waals surface area contributed by atoms with Gasteiger partial charge in [-0.1, -0.05) is 56.3 Å². The zero-order valence-corrected chi connectivity index (χ0v) is 15.5. The molecule has 0 saturated heterocycles. The van der Waals surface area contributed by atoms with Gasteiger partial charge >= 0.3 is 0 Å². The van der Waals surface area contributed by atoms with E-state index in [1.54, 1.807) is 0 Å². The Bertz CT molecular complexity index is 699. The lowest BCUT2D eigenvalue weighted by Gasteiger charge is -2.26. The summed E-state index contributed by atoms with van der Waals surface area (Å²) in [5.74, 6) is 0.298. The van der Waals surface area contributed by atoms with Gasteiger partial charge in [-0.15, -0.1) is 0 Å². The molecule has 1 heterocycles. The molecule has 0 bridgehead atoms. The molecule has 0 radical (unpaired) electrons. The monoisotopic (exact) mass is 340 g/mol. The highest BCUT2D eigenvalue weighted by Crippen LogP contribution is 2.20. The summed E-state index contributed by atoms with van der Waals surface area (Å²) < 4.78 is 0. The van der Waals surface area contributed by atoms with Gasteiger partial charge in [0.25, 0.3) is 0 Å². The second kappa shape index (κ2) is 8.62. The molecule has 5 nitrogen and oxygen atoms in total. The van der Waals surface area contributed by atoms with Crippen LogP contribution in [-0.2, 0) is 4.79 Å². The normalized spacial score (nSPS) is 12.7. The van der Waals surface area contributed by atoms with E-state index in [0.29, 0.717) is 19.0 Å². The number of nitrogens with one attached hydrogen (secondary N) is 1. The number of benzene rings is 1. The first-order chi connectivity index (χ1) is 11.9. The quantitative estimate of drug-likeness (QED) is 0.812. The maximum absolute atomic E-state index is 12.9. The number of aromatic nitrogens is 2. The van der Waals surface area contributed by atoms with Crippen molar-refractivity contribution in [3.8, 4) is 0 Å². The van der Waals surface area contributed by atoms with E-state index < -0.39 is 6.04 Å². The summed E-state index contributed by atoms with van der Waals surface area (Å²) >= 11 is 0. The molecule has 25 heavy (non-hydrogen) atoms. The molecule has 1 aromatic heterocycles. The third kappa shape index (κ3) is 5.03. The summed E-state index contributed by atoms with van der Waals surface area (Å²) in [6.45, 7) is 9.16. The van der Waals surface area contributed by atoms with Crippen LogP contribution in [0.15, 0.2) is 36.4 Å². The Morgan fingerprint density at radius 3 is 2.52 bits per heavy atom. The van der Waals surface area contributed by atoms with Crippen molar-refractivity contribution in [2.75, 3.05) is 13.1 Å². The molecule has 0 fully saturated rings. The molecular formula is C20H28N4O. The van der Waals surface area contributed by atoms with Crippen LogP contribution in [0.3, 0.4) is 0 Å². The zero-order chi connectivity index (χ0) is 18.4. The van der Waals surface area contributed by atoms with Gasteiger partial charge in [0.1, 0.15) is 6.04 Å². The molecular weight excluding hydrogens is 312 g/mol. The van der Waals surface area contributed by atoms with Gasteiger partial charge in [-0.3, -0.25) is 9.89 Å². The van der Waals surface area contributed by atoms with Gasteiger partial charge in [0.05, 0.1) is 5.69 Å². The molecule has 3 N–H and O–H groups in total. The number of carbonyl (C=O) groups is 1. The Morgan fingerprint density at radius 1 is 1.28 bits per heavy atom. The second-order valence-corrected chi connectivity index (χ2v) is 6.78. The number of hydrogen-bond donors (Lipinski definition) is 2. The highest BCUT2D eigenvalue weighted by Gasteiger charge is 2.26. The molecule has 0 aliphatic carbocycles. The minimum atomic E-state index is -0.692. The molecule has 134 valence electrons. The van der Waals surface area contributed by atoms with Crippen LogP contribution in [-0.4, -0.2) is 34.1 Å². The predicted molar refractivity (Wildman–Crippen MR) is 102 cm³/mol. The smallest absolute Gasteiger partial charge is 0.244 e. The van der Waals surface area contributed by atoms with Gasteiger partial charge in [0.15, 0.2) is 0 Å². The van der Waals surface area contributed by atoms with Crippen molar-refractivity contribution in [3.63, 3.8) is 0 Å². The van der Waals surface area contributed by atoms with Crippen LogP contribution in [0, 0.1) is 19.8 Å². The first-order valence-corrected chi connectivity index (χ1v) is 8.67. The van der Waals surface area contributed by atoms with Gasteiger partial charge in [-0.2, -0.15) is 5.10 Å². The van der Waals surface area contributed by atoms with Crippen molar-refractivity contribution in [2.45, 2.75) is 33.7 Å². The molecule has 5 heteroatoms. The van der Waals surface area contributed by atoms with Gasteiger partial charge in [0.2, 0.25) is 5.91 Å². The number of aromatic amines is 1. The topological polar surface area (TPSA) is 75.0 Å². The first-order valence-electron chi connectivity index (χ1n) is 8.67. The van der Waals surface area contributed by atoms with Crippen LogP contribution < -0.4 is 5.73 Å². The Hall–Kier alpha value is -2.40. The fraction of sp³-hybridized carbons (Fsp3) is 0.400. The summed E-state index contributed by atoms with van der Waals surface area (Å²) in [6, 6.07) is 9.36. The van der Waals surface area contributed by atoms with Crippen LogP contribution in [0.25, 0.3) is 6.08 Å². The third-order valence-electron chi connectivity index (χ3n) is 4.10. The number of aryl methyl sites for hydroxylation is 2. The number of H-pyrrole nitrogens is 1. The van der Waals surface area contributed by atoms with Crippen LogP contribution >= 0.6 is 0 Å². The fourth-order valence-electron chi connectivity index (χ4n) is 2.91. The van der Waals surface area contributed by atoms with Gasteiger partial charge in [-0.25, -0.2) is 0 Å². The maximum Gasteiger partial charge on any atom is 0.244 e. The van der Waals surface area contributed by atoms with E-state index in [1.807, 2.05) is 61.2 Å². The Morgan fingerprint density at radius 2 is 1.96 bits per heavy atom. The van der Waals surface area contributed by atoms with Gasteiger partial charge < -0.3 is 10.6 Å². The predicted octanol–water partition coefficient (Wildman–Crippen LogP) is 3.22. The van der Waals surface area contributed by atoms with Crippen LogP contribution in [0.5, 0.6) is 0 Å². The van der Waals surface area contributed by atoms with E-state index in [-0.39, 0.29) is 5.91 Å². The minimum Gasteiger partial charge on any atom is -0.337 e. The highest BCUT2D eigenvalue weighted by molar-refractivity contribution is 5.84. The molecule has 0 spiro atoms. The lowest BCUT2D eigenvalue weighted by Crippen LogP contribution is -2.41. The van der Waals surface area contributed by atoms with Crippen LogP contribution in [0.1, 0.15) is 42.4 Å². The average molecular weight is 340 g/mol. The fourth-order valence-corrected chi connectivity index (χ4v) is 2.91. The first kappa shape index (κ1) is 18.9. The molecule has 0 saturated carbocycles. The summed E-state index contributed by atoms with van der Waals surface area (Å²) in [5, 5.41) is 7.05. The Balaban J connectivity index is 2.13. The number of amides is 1. The number of nitrogens with two attached hydrogens (primary N) is 1. The number of hydrogen-bond acceptors (Lipinski definition) is 3. The van der Waals surface area contributed by atoms with Crippen LogP contribution in [0.2, 0.25) is 0 Å². The average Bonchev–Trinajstić information content (AvgIpc) is 2.92. The Kier molecular flexibility index (Phi) is 6.53. The zero-order valence-electron chi connectivity index (χ0n) is 15.5. The molecule has 0 aliphatic heterocycles. The van der Waals surface area contributed by atoms with E-state index in [4.69, 9.17) is 5.73 Å². The van der Waals surface area contributed by atoms with E-state index in [1.165, 1.54) is 0 Å².